The van der Waals surface area contributed by atoms with E-state index in [4.69, 9.17) is 4.74 Å². The van der Waals surface area contributed by atoms with Gasteiger partial charge in [0.1, 0.15) is 11.3 Å². The third-order valence-electron chi connectivity index (χ3n) is 6.58. The molecule has 3 aromatic carbocycles. The van der Waals surface area contributed by atoms with Gasteiger partial charge in [0.2, 0.25) is 5.91 Å². The predicted molar refractivity (Wildman–Crippen MR) is 150 cm³/mol. The van der Waals surface area contributed by atoms with E-state index in [1.54, 1.807) is 23.2 Å². The lowest BCUT2D eigenvalue weighted by molar-refractivity contribution is -0.120. The van der Waals surface area contributed by atoms with Crippen LogP contribution in [-0.4, -0.2) is 37.2 Å². The lowest BCUT2D eigenvalue weighted by atomic mass is 10.1. The number of anilines is 3. The molecule has 1 heterocycles. The second kappa shape index (κ2) is 12.0. The summed E-state index contributed by atoms with van der Waals surface area (Å²) in [6.45, 7) is 3.89. The zero-order valence-electron chi connectivity index (χ0n) is 21.3. The highest BCUT2D eigenvalue weighted by atomic mass is 79.9. The van der Waals surface area contributed by atoms with Crippen LogP contribution < -0.4 is 20.1 Å². The van der Waals surface area contributed by atoms with Gasteiger partial charge in [-0.1, -0.05) is 28.1 Å². The predicted octanol–water partition coefficient (Wildman–Crippen LogP) is 5.74. The Hall–Kier alpha value is -4.03. The molecule has 0 atom stereocenters. The monoisotopic (exact) mass is 576 g/mol. The molecule has 38 heavy (non-hydrogen) atoms. The number of methoxy groups -OCH3 is 1. The van der Waals surface area contributed by atoms with Crippen LogP contribution in [-0.2, 0) is 11.2 Å². The quantitative estimate of drug-likeness (QED) is 0.329. The van der Waals surface area contributed by atoms with Gasteiger partial charge in [0, 0.05) is 17.6 Å². The molecule has 1 saturated heterocycles. The Bertz CT molecular complexity index is 1380. The standard InChI is InChI=1S/C29H29BrN4O4/c1-19-7-6-8-25(33-13-4-3-5-14-33)28(19)34(22-11-9-20(18-31)10-12-22)32-27(35)16-21-15-26(38-2)23(29(36)37)17-24(21)30/h6-12,15,17H,3-5,13-14,16H2,1-2H3,(H,32,35)(H,36,37). The van der Waals surface area contributed by atoms with Crippen LogP contribution in [0, 0.1) is 18.3 Å². The van der Waals surface area contributed by atoms with Crippen molar-refractivity contribution in [3.05, 3.63) is 81.3 Å². The number of aromatic carboxylic acids is 1. The number of aryl methyl sites for hydroxylation is 1. The normalized spacial score (nSPS) is 12.9. The molecule has 0 spiro atoms. The van der Waals surface area contributed by atoms with Crippen LogP contribution in [0.4, 0.5) is 17.1 Å². The number of hydrazine groups is 1. The molecular formula is C29H29BrN4O4. The van der Waals surface area contributed by atoms with Crippen molar-refractivity contribution in [3.8, 4) is 11.8 Å². The van der Waals surface area contributed by atoms with Crippen molar-refractivity contribution in [2.75, 3.05) is 30.1 Å². The summed E-state index contributed by atoms with van der Waals surface area (Å²) in [5.41, 5.74) is 7.78. The largest absolute Gasteiger partial charge is 0.496 e. The number of amides is 1. The molecule has 0 unspecified atom stereocenters. The summed E-state index contributed by atoms with van der Waals surface area (Å²) in [5.74, 6) is -1.23. The highest BCUT2D eigenvalue weighted by Crippen LogP contribution is 2.37. The number of carbonyl (C=O) groups is 2. The maximum atomic E-state index is 13.5. The van der Waals surface area contributed by atoms with Gasteiger partial charge >= 0.3 is 5.97 Å². The molecule has 9 heteroatoms. The van der Waals surface area contributed by atoms with Crippen LogP contribution in [0.3, 0.4) is 0 Å². The molecule has 0 radical (unpaired) electrons. The Kier molecular flexibility index (Phi) is 8.54. The summed E-state index contributed by atoms with van der Waals surface area (Å²) in [6, 6.07) is 18.3. The first kappa shape index (κ1) is 27.0. The number of benzene rings is 3. The van der Waals surface area contributed by atoms with Crippen LogP contribution in [0.15, 0.2) is 59.1 Å². The molecule has 2 N–H and O–H groups in total. The Labute approximate surface area is 230 Å². The summed E-state index contributed by atoms with van der Waals surface area (Å²) in [5, 5.41) is 20.5. The van der Waals surface area contributed by atoms with E-state index in [9.17, 15) is 20.0 Å². The van der Waals surface area contributed by atoms with Crippen LogP contribution in [0.1, 0.15) is 46.3 Å². The van der Waals surface area contributed by atoms with Gasteiger partial charge in [0.05, 0.1) is 42.2 Å². The number of para-hydroxylation sites is 1. The number of hydrogen-bond donors (Lipinski definition) is 2. The number of hydrogen-bond acceptors (Lipinski definition) is 6. The second-order valence-electron chi connectivity index (χ2n) is 9.15. The zero-order valence-corrected chi connectivity index (χ0v) is 22.9. The Morgan fingerprint density at radius 2 is 1.84 bits per heavy atom. The van der Waals surface area contributed by atoms with Gasteiger partial charge in [-0.15, -0.1) is 0 Å². The van der Waals surface area contributed by atoms with E-state index >= 15 is 0 Å². The van der Waals surface area contributed by atoms with Gasteiger partial charge in [-0.05, 0) is 79.8 Å². The van der Waals surface area contributed by atoms with Crippen molar-refractivity contribution in [2.24, 2.45) is 0 Å². The first-order chi connectivity index (χ1) is 18.3. The van der Waals surface area contributed by atoms with Crippen molar-refractivity contribution >= 4 is 44.9 Å². The van der Waals surface area contributed by atoms with E-state index in [0.717, 1.165) is 42.9 Å². The maximum absolute atomic E-state index is 13.5. The van der Waals surface area contributed by atoms with E-state index < -0.39 is 5.97 Å². The SMILES string of the molecule is COc1cc(CC(=O)NN(c2ccc(C#N)cc2)c2c(C)cccc2N2CCCCC2)c(Br)cc1C(=O)O. The first-order valence-electron chi connectivity index (χ1n) is 12.4. The molecule has 0 saturated carbocycles. The third kappa shape index (κ3) is 5.92. The lowest BCUT2D eigenvalue weighted by Crippen LogP contribution is -2.41. The Balaban J connectivity index is 1.72. The summed E-state index contributed by atoms with van der Waals surface area (Å²) in [7, 11) is 1.40. The molecule has 1 aliphatic rings. The molecule has 1 amide bonds. The van der Waals surface area contributed by atoms with E-state index in [1.807, 2.05) is 31.2 Å². The van der Waals surface area contributed by atoms with E-state index in [1.165, 1.54) is 19.6 Å². The van der Waals surface area contributed by atoms with Gasteiger partial charge in [-0.3, -0.25) is 15.2 Å². The van der Waals surface area contributed by atoms with Crippen molar-refractivity contribution in [1.29, 1.82) is 5.26 Å². The van der Waals surface area contributed by atoms with Crippen molar-refractivity contribution < 1.29 is 19.4 Å². The summed E-state index contributed by atoms with van der Waals surface area (Å²) in [4.78, 5) is 27.4. The minimum atomic E-state index is -1.12. The fourth-order valence-corrected chi connectivity index (χ4v) is 5.15. The zero-order chi connectivity index (χ0) is 27.2. The van der Waals surface area contributed by atoms with E-state index in [0.29, 0.717) is 21.3 Å². The number of rotatable bonds is 8. The number of carbonyl (C=O) groups excluding carboxylic acids is 1. The maximum Gasteiger partial charge on any atom is 0.339 e. The summed E-state index contributed by atoms with van der Waals surface area (Å²) in [6.07, 6.45) is 3.40. The first-order valence-corrected chi connectivity index (χ1v) is 13.2. The van der Waals surface area contributed by atoms with Gasteiger partial charge < -0.3 is 14.7 Å². The minimum absolute atomic E-state index is 0.00817. The minimum Gasteiger partial charge on any atom is -0.496 e. The third-order valence-corrected chi connectivity index (χ3v) is 7.32. The van der Waals surface area contributed by atoms with Crippen molar-refractivity contribution in [1.82, 2.24) is 5.43 Å². The fraction of sp³-hybridized carbons (Fsp3) is 0.276. The molecular weight excluding hydrogens is 548 g/mol. The molecule has 0 aliphatic carbocycles. The summed E-state index contributed by atoms with van der Waals surface area (Å²) < 4.78 is 5.75. The average Bonchev–Trinajstić information content (AvgIpc) is 2.93. The number of nitriles is 1. The van der Waals surface area contributed by atoms with Gasteiger partial charge in [-0.2, -0.15) is 5.26 Å². The van der Waals surface area contributed by atoms with E-state index in [2.05, 4.69) is 38.4 Å². The van der Waals surface area contributed by atoms with Gasteiger partial charge in [-0.25, -0.2) is 4.79 Å². The van der Waals surface area contributed by atoms with Crippen LogP contribution in [0.2, 0.25) is 0 Å². The average molecular weight is 577 g/mol. The number of carboxylic acids is 1. The highest BCUT2D eigenvalue weighted by Gasteiger charge is 2.24. The Morgan fingerprint density at radius 1 is 1.13 bits per heavy atom. The molecule has 3 aromatic rings. The molecule has 8 nitrogen and oxygen atoms in total. The van der Waals surface area contributed by atoms with Gasteiger partial charge in [0.25, 0.3) is 0 Å². The molecule has 0 bridgehead atoms. The fourth-order valence-electron chi connectivity index (χ4n) is 4.66. The van der Waals surface area contributed by atoms with Crippen LogP contribution >= 0.6 is 15.9 Å². The molecule has 1 aliphatic heterocycles. The molecule has 0 aromatic heterocycles. The van der Waals surface area contributed by atoms with Crippen LogP contribution in [0.5, 0.6) is 5.75 Å². The molecule has 4 rings (SSSR count). The Morgan fingerprint density at radius 3 is 2.47 bits per heavy atom. The molecule has 1 fully saturated rings. The number of nitrogens with one attached hydrogen (secondary N) is 1. The van der Waals surface area contributed by atoms with Crippen molar-refractivity contribution in [3.63, 3.8) is 0 Å². The van der Waals surface area contributed by atoms with E-state index in [-0.39, 0.29) is 23.6 Å². The highest BCUT2D eigenvalue weighted by molar-refractivity contribution is 9.10. The number of carboxylic acid groups (broad SMARTS) is 1. The van der Waals surface area contributed by atoms with Gasteiger partial charge in [0.15, 0.2) is 0 Å². The number of ether oxygens (including phenoxy) is 1. The molecule has 196 valence electrons. The second-order valence-corrected chi connectivity index (χ2v) is 10.00. The number of piperidine rings is 1. The summed E-state index contributed by atoms with van der Waals surface area (Å²) >= 11 is 3.40. The number of halogens is 1. The van der Waals surface area contributed by atoms with Crippen LogP contribution in [0.25, 0.3) is 0 Å². The topological polar surface area (TPSA) is 106 Å². The van der Waals surface area contributed by atoms with Crippen molar-refractivity contribution in [2.45, 2.75) is 32.6 Å². The lowest BCUT2D eigenvalue weighted by Gasteiger charge is -2.35. The number of nitrogens with zero attached hydrogens (tertiary/aromatic N) is 3. The smallest absolute Gasteiger partial charge is 0.339 e.